The average molecular weight is 411 g/mol. The summed E-state index contributed by atoms with van der Waals surface area (Å²) in [4.78, 5) is 17.8. The summed E-state index contributed by atoms with van der Waals surface area (Å²) >= 11 is 0. The quantitative estimate of drug-likeness (QED) is 0.632. The van der Waals surface area contributed by atoms with E-state index in [1.54, 1.807) is 6.20 Å². The van der Waals surface area contributed by atoms with Crippen molar-refractivity contribution in [2.75, 3.05) is 17.4 Å². The van der Waals surface area contributed by atoms with E-state index in [9.17, 15) is 4.79 Å². The topological polar surface area (TPSA) is 72.5 Å². The Bertz CT molecular complexity index is 1210. The van der Waals surface area contributed by atoms with Crippen LogP contribution in [0, 0.1) is 0 Å². The van der Waals surface area contributed by atoms with Gasteiger partial charge in [0.2, 0.25) is 6.79 Å². The van der Waals surface area contributed by atoms with Crippen LogP contribution in [0.4, 0.5) is 11.4 Å². The summed E-state index contributed by atoms with van der Waals surface area (Å²) in [6, 6.07) is 17.7. The first kappa shape index (κ1) is 18.0. The molecule has 6 heteroatoms. The zero-order valence-electron chi connectivity index (χ0n) is 16.8. The fourth-order valence-corrected chi connectivity index (χ4v) is 4.69. The maximum absolute atomic E-state index is 13.5. The summed E-state index contributed by atoms with van der Waals surface area (Å²) in [5.41, 5.74) is 5.77. The molecule has 2 N–H and O–H groups in total. The first-order valence-electron chi connectivity index (χ1n) is 10.4. The van der Waals surface area contributed by atoms with Gasteiger partial charge in [-0.05, 0) is 53.8 Å². The number of Topliss-reactive ketones (excluding diaryl/α,β-unsaturated/α-hetero) is 1. The molecule has 0 unspecified atom stereocenters. The summed E-state index contributed by atoms with van der Waals surface area (Å²) in [5, 5.41) is 7.14. The van der Waals surface area contributed by atoms with E-state index in [1.807, 2.05) is 60.8 Å². The van der Waals surface area contributed by atoms with Crippen LogP contribution < -0.4 is 20.1 Å². The van der Waals surface area contributed by atoms with Crippen LogP contribution in [-0.2, 0) is 4.79 Å². The van der Waals surface area contributed by atoms with Crippen molar-refractivity contribution in [3.63, 3.8) is 0 Å². The number of para-hydroxylation sites is 2. The van der Waals surface area contributed by atoms with Crippen LogP contribution in [0.1, 0.15) is 35.9 Å². The molecule has 0 fully saturated rings. The van der Waals surface area contributed by atoms with Crippen LogP contribution >= 0.6 is 0 Å². The van der Waals surface area contributed by atoms with Crippen molar-refractivity contribution in [1.29, 1.82) is 0 Å². The number of fused-ring (bicyclic) bond motifs is 2. The van der Waals surface area contributed by atoms with Gasteiger partial charge in [-0.1, -0.05) is 24.3 Å². The van der Waals surface area contributed by atoms with Crippen LogP contribution in [0.3, 0.4) is 0 Å². The lowest BCUT2D eigenvalue weighted by atomic mass is 9.78. The highest BCUT2D eigenvalue weighted by Crippen LogP contribution is 2.45. The van der Waals surface area contributed by atoms with Crippen LogP contribution in [0.15, 0.2) is 78.3 Å². The molecular formula is C25H21N3O3. The maximum Gasteiger partial charge on any atom is 0.231 e. The number of hydrogen-bond acceptors (Lipinski definition) is 6. The fourth-order valence-electron chi connectivity index (χ4n) is 4.69. The Morgan fingerprint density at radius 3 is 2.65 bits per heavy atom. The molecule has 2 aliphatic heterocycles. The minimum Gasteiger partial charge on any atom is -0.454 e. The monoisotopic (exact) mass is 411 g/mol. The molecule has 0 spiro atoms. The third-order valence-electron chi connectivity index (χ3n) is 6.19. The van der Waals surface area contributed by atoms with Gasteiger partial charge in [0.15, 0.2) is 17.3 Å². The second-order valence-electron chi connectivity index (χ2n) is 8.07. The molecule has 0 bridgehead atoms. The van der Waals surface area contributed by atoms with Crippen molar-refractivity contribution >= 4 is 17.2 Å². The zero-order chi connectivity index (χ0) is 20.8. The lowest BCUT2D eigenvalue weighted by Gasteiger charge is -2.29. The number of carbonyl (C=O) groups is 1. The van der Waals surface area contributed by atoms with Crippen molar-refractivity contribution in [3.8, 4) is 11.5 Å². The number of allylic oxidation sites excluding steroid dienone is 1. The molecule has 1 aliphatic carbocycles. The highest BCUT2D eigenvalue weighted by Gasteiger charge is 2.36. The standard InChI is InChI=1S/C25H21N3O3/c29-21-11-17(15-7-8-22-23(12-15)31-14-30-22)10-20-24(21)25(16-4-3-9-26-13-16)28-19-6-2-1-5-18(19)27-20/h1-9,12-13,17,25,27-28H,10-11,14H2/t17-,25-/m1/s1. The van der Waals surface area contributed by atoms with Crippen molar-refractivity contribution in [2.24, 2.45) is 0 Å². The van der Waals surface area contributed by atoms with Gasteiger partial charge in [0, 0.05) is 30.1 Å². The molecular weight excluding hydrogens is 390 g/mol. The third kappa shape index (κ3) is 3.11. The molecule has 6 rings (SSSR count). The summed E-state index contributed by atoms with van der Waals surface area (Å²) in [5.74, 6) is 1.73. The second-order valence-corrected chi connectivity index (χ2v) is 8.07. The molecule has 0 saturated carbocycles. The molecule has 3 aromatic rings. The molecule has 2 aromatic carbocycles. The SMILES string of the molecule is O=C1C[C@H](c2ccc3c(c2)OCO3)CC2=C1[C@@H](c1cccnc1)Nc1ccccc1N2. The Hall–Kier alpha value is -3.80. The lowest BCUT2D eigenvalue weighted by Crippen LogP contribution is -2.26. The number of benzene rings is 2. The number of pyridine rings is 1. The van der Waals surface area contributed by atoms with Gasteiger partial charge in [0.25, 0.3) is 0 Å². The number of rotatable bonds is 2. The number of ketones is 1. The van der Waals surface area contributed by atoms with E-state index >= 15 is 0 Å². The van der Waals surface area contributed by atoms with Gasteiger partial charge in [-0.15, -0.1) is 0 Å². The minimum absolute atomic E-state index is 0.0769. The summed E-state index contributed by atoms with van der Waals surface area (Å²) in [6.07, 6.45) is 4.77. The molecule has 3 aliphatic rings. The molecule has 2 atom stereocenters. The van der Waals surface area contributed by atoms with E-state index < -0.39 is 0 Å². The van der Waals surface area contributed by atoms with Crippen LogP contribution in [0.2, 0.25) is 0 Å². The number of aromatic nitrogens is 1. The van der Waals surface area contributed by atoms with Crippen molar-refractivity contribution < 1.29 is 14.3 Å². The fraction of sp³-hybridized carbons (Fsp3) is 0.200. The van der Waals surface area contributed by atoms with Gasteiger partial charge in [-0.25, -0.2) is 0 Å². The number of carbonyl (C=O) groups excluding carboxylic acids is 1. The Kier molecular flexibility index (Phi) is 4.16. The number of anilines is 2. The van der Waals surface area contributed by atoms with Crippen LogP contribution in [-0.4, -0.2) is 17.6 Å². The summed E-state index contributed by atoms with van der Waals surface area (Å²) in [6.45, 7) is 0.245. The highest BCUT2D eigenvalue weighted by atomic mass is 16.7. The average Bonchev–Trinajstić information content (AvgIpc) is 3.20. The van der Waals surface area contributed by atoms with Crippen molar-refractivity contribution in [3.05, 3.63) is 89.4 Å². The normalized spacial score (nSPS) is 21.5. The predicted molar refractivity (Wildman–Crippen MR) is 117 cm³/mol. The zero-order valence-corrected chi connectivity index (χ0v) is 16.8. The van der Waals surface area contributed by atoms with E-state index in [2.05, 4.69) is 15.6 Å². The third-order valence-corrected chi connectivity index (χ3v) is 6.19. The number of ether oxygens (including phenoxy) is 2. The predicted octanol–water partition coefficient (Wildman–Crippen LogP) is 4.79. The van der Waals surface area contributed by atoms with Gasteiger partial charge in [0.1, 0.15) is 0 Å². The van der Waals surface area contributed by atoms with E-state index in [-0.39, 0.29) is 24.5 Å². The van der Waals surface area contributed by atoms with Gasteiger partial charge in [-0.3, -0.25) is 9.78 Å². The van der Waals surface area contributed by atoms with E-state index in [4.69, 9.17) is 9.47 Å². The van der Waals surface area contributed by atoms with Gasteiger partial charge in [0.05, 0.1) is 17.4 Å². The maximum atomic E-state index is 13.5. The Morgan fingerprint density at radius 1 is 0.903 bits per heavy atom. The molecule has 31 heavy (non-hydrogen) atoms. The van der Waals surface area contributed by atoms with E-state index in [0.717, 1.165) is 51.7 Å². The number of nitrogens with zero attached hydrogens (tertiary/aromatic N) is 1. The molecule has 1 aromatic heterocycles. The largest absolute Gasteiger partial charge is 0.454 e. The Balaban J connectivity index is 1.43. The van der Waals surface area contributed by atoms with Crippen molar-refractivity contribution in [1.82, 2.24) is 4.98 Å². The number of nitrogens with one attached hydrogen (secondary N) is 2. The number of hydrogen-bond donors (Lipinski definition) is 2. The van der Waals surface area contributed by atoms with E-state index in [0.29, 0.717) is 6.42 Å². The summed E-state index contributed by atoms with van der Waals surface area (Å²) in [7, 11) is 0. The van der Waals surface area contributed by atoms with Crippen LogP contribution in [0.25, 0.3) is 0 Å². The molecule has 0 saturated heterocycles. The molecule has 0 amide bonds. The molecule has 6 nitrogen and oxygen atoms in total. The van der Waals surface area contributed by atoms with E-state index in [1.165, 1.54) is 0 Å². The summed E-state index contributed by atoms with van der Waals surface area (Å²) < 4.78 is 11.0. The molecule has 154 valence electrons. The van der Waals surface area contributed by atoms with Crippen LogP contribution in [0.5, 0.6) is 11.5 Å². The Labute approximate surface area is 179 Å². The molecule has 3 heterocycles. The van der Waals surface area contributed by atoms with Gasteiger partial charge < -0.3 is 20.1 Å². The lowest BCUT2D eigenvalue weighted by molar-refractivity contribution is -0.116. The Morgan fingerprint density at radius 2 is 1.77 bits per heavy atom. The molecule has 0 radical (unpaired) electrons. The van der Waals surface area contributed by atoms with Crippen molar-refractivity contribution in [2.45, 2.75) is 24.8 Å². The highest BCUT2D eigenvalue weighted by molar-refractivity contribution is 6.01. The smallest absolute Gasteiger partial charge is 0.231 e. The second kappa shape index (κ2) is 7.16. The minimum atomic E-state index is -0.245. The first-order valence-corrected chi connectivity index (χ1v) is 10.4. The first-order chi connectivity index (χ1) is 15.3. The van der Waals surface area contributed by atoms with Gasteiger partial charge in [-0.2, -0.15) is 0 Å². The van der Waals surface area contributed by atoms with Gasteiger partial charge >= 0.3 is 0 Å².